The molecule has 2 aromatic carbocycles. The summed E-state index contributed by atoms with van der Waals surface area (Å²) in [5, 5.41) is 12.4. The van der Waals surface area contributed by atoms with Crippen molar-refractivity contribution in [2.75, 3.05) is 4.72 Å². The van der Waals surface area contributed by atoms with Crippen molar-refractivity contribution < 1.29 is 13.2 Å². The van der Waals surface area contributed by atoms with Crippen molar-refractivity contribution in [1.82, 2.24) is 20.0 Å². The second-order valence-corrected chi connectivity index (χ2v) is 8.78. The molecule has 4 rings (SSSR count). The molecule has 0 saturated heterocycles. The first-order valence-corrected chi connectivity index (χ1v) is 11.0. The van der Waals surface area contributed by atoms with E-state index in [1.807, 2.05) is 26.0 Å². The van der Waals surface area contributed by atoms with Crippen LogP contribution in [0.5, 0.6) is 11.6 Å². The lowest BCUT2D eigenvalue weighted by Crippen LogP contribution is -2.14. The molecule has 31 heavy (non-hydrogen) atoms. The van der Waals surface area contributed by atoms with Gasteiger partial charge in [-0.2, -0.15) is 5.10 Å². The molecule has 8 nitrogen and oxygen atoms in total. The Morgan fingerprint density at radius 1 is 0.903 bits per heavy atom. The third-order valence-electron chi connectivity index (χ3n) is 4.55. The van der Waals surface area contributed by atoms with Gasteiger partial charge in [-0.05, 0) is 74.4 Å². The molecule has 0 unspecified atom stereocenters. The lowest BCUT2D eigenvalue weighted by molar-refractivity contribution is 0.454. The Morgan fingerprint density at radius 3 is 2.32 bits per heavy atom. The van der Waals surface area contributed by atoms with E-state index < -0.39 is 10.0 Å². The molecule has 0 radical (unpaired) electrons. The van der Waals surface area contributed by atoms with Crippen LogP contribution in [0.15, 0.2) is 71.8 Å². The molecule has 9 heteroatoms. The zero-order valence-corrected chi connectivity index (χ0v) is 18.1. The third kappa shape index (κ3) is 4.72. The highest BCUT2D eigenvalue weighted by atomic mass is 32.2. The molecule has 0 fully saturated rings. The monoisotopic (exact) mass is 435 g/mol. The minimum absolute atomic E-state index is 0.260. The van der Waals surface area contributed by atoms with Crippen molar-refractivity contribution in [3.63, 3.8) is 0 Å². The molecule has 0 atom stereocenters. The summed E-state index contributed by atoms with van der Waals surface area (Å²) >= 11 is 0. The number of hydrogen-bond acceptors (Lipinski definition) is 6. The number of nitrogens with one attached hydrogen (secondary N) is 1. The topological polar surface area (TPSA) is 99.0 Å². The fourth-order valence-electron chi connectivity index (χ4n) is 2.95. The highest BCUT2D eigenvalue weighted by molar-refractivity contribution is 7.92. The van der Waals surface area contributed by atoms with Crippen LogP contribution in [0.25, 0.3) is 5.82 Å². The maximum atomic E-state index is 12.7. The van der Waals surface area contributed by atoms with Gasteiger partial charge in [-0.3, -0.25) is 4.72 Å². The predicted molar refractivity (Wildman–Crippen MR) is 117 cm³/mol. The summed E-state index contributed by atoms with van der Waals surface area (Å²) in [4.78, 5) is 0.260. The Morgan fingerprint density at radius 2 is 1.68 bits per heavy atom. The maximum Gasteiger partial charge on any atom is 0.262 e. The molecule has 0 spiro atoms. The molecule has 0 aliphatic heterocycles. The number of aryl methyl sites for hydroxylation is 3. The van der Waals surface area contributed by atoms with Crippen LogP contribution >= 0.6 is 0 Å². The Balaban J connectivity index is 1.45. The predicted octanol–water partition coefficient (Wildman–Crippen LogP) is 4.18. The van der Waals surface area contributed by atoms with Crippen LogP contribution in [-0.4, -0.2) is 28.4 Å². The molecular weight excluding hydrogens is 414 g/mol. The first-order chi connectivity index (χ1) is 14.8. The molecule has 1 N–H and O–H groups in total. The summed E-state index contributed by atoms with van der Waals surface area (Å²) in [7, 11) is -3.69. The average molecular weight is 436 g/mol. The number of nitrogens with zero attached hydrogens (tertiary/aromatic N) is 4. The van der Waals surface area contributed by atoms with E-state index in [2.05, 4.69) is 20.0 Å². The molecule has 0 saturated carbocycles. The number of sulfonamides is 1. The van der Waals surface area contributed by atoms with E-state index in [1.165, 1.54) is 0 Å². The lowest BCUT2D eigenvalue weighted by atomic mass is 10.2. The summed E-state index contributed by atoms with van der Waals surface area (Å²) in [5.41, 5.74) is 2.88. The molecule has 0 aliphatic carbocycles. The van der Waals surface area contributed by atoms with Crippen molar-refractivity contribution in [2.24, 2.45) is 0 Å². The van der Waals surface area contributed by atoms with Crippen LogP contribution in [0, 0.1) is 20.8 Å². The standard InChI is InChI=1S/C22H21N5O3S/c1-15-4-5-16(2)20(14-15)31(28,29)26-18-6-8-19(9-7-18)30-22-11-10-21(23-24-22)27-13-12-17(3)25-27/h4-14,26H,1-3H3. The number of aromatic nitrogens is 4. The second-order valence-electron chi connectivity index (χ2n) is 7.13. The highest BCUT2D eigenvalue weighted by Gasteiger charge is 2.17. The van der Waals surface area contributed by atoms with Gasteiger partial charge >= 0.3 is 0 Å². The van der Waals surface area contributed by atoms with Crippen molar-refractivity contribution in [3.8, 4) is 17.4 Å². The van der Waals surface area contributed by atoms with Crippen LogP contribution in [-0.2, 0) is 10.0 Å². The van der Waals surface area contributed by atoms with Gasteiger partial charge in [0.15, 0.2) is 5.82 Å². The van der Waals surface area contributed by atoms with Crippen LogP contribution in [0.4, 0.5) is 5.69 Å². The van der Waals surface area contributed by atoms with E-state index in [0.717, 1.165) is 11.3 Å². The fraction of sp³-hybridized carbons (Fsp3) is 0.136. The first-order valence-electron chi connectivity index (χ1n) is 9.54. The normalized spacial score (nSPS) is 11.3. The van der Waals surface area contributed by atoms with E-state index in [-0.39, 0.29) is 4.90 Å². The second kappa shape index (κ2) is 8.19. The Bertz CT molecular complexity index is 1310. The Labute approximate surface area is 180 Å². The minimum Gasteiger partial charge on any atom is -0.438 e. The SMILES string of the molecule is Cc1ccc(C)c(S(=O)(=O)Nc2ccc(Oc3ccc(-n4ccc(C)n4)nn3)cc2)c1. The van der Waals surface area contributed by atoms with Crippen molar-refractivity contribution in [1.29, 1.82) is 0 Å². The number of benzene rings is 2. The molecule has 0 bridgehead atoms. The van der Waals surface area contributed by atoms with E-state index in [4.69, 9.17) is 4.74 Å². The van der Waals surface area contributed by atoms with Gasteiger partial charge in [0.05, 0.1) is 10.6 Å². The van der Waals surface area contributed by atoms with Gasteiger partial charge in [0, 0.05) is 18.0 Å². The zero-order valence-electron chi connectivity index (χ0n) is 17.3. The zero-order chi connectivity index (χ0) is 22.0. The van der Waals surface area contributed by atoms with Crippen molar-refractivity contribution >= 4 is 15.7 Å². The van der Waals surface area contributed by atoms with Crippen LogP contribution in [0.2, 0.25) is 0 Å². The summed E-state index contributed by atoms with van der Waals surface area (Å²) < 4.78 is 35.4. The van der Waals surface area contributed by atoms with E-state index >= 15 is 0 Å². The molecule has 158 valence electrons. The van der Waals surface area contributed by atoms with Crippen molar-refractivity contribution in [2.45, 2.75) is 25.7 Å². The van der Waals surface area contributed by atoms with Gasteiger partial charge in [-0.25, -0.2) is 13.1 Å². The van der Waals surface area contributed by atoms with E-state index in [1.54, 1.807) is 66.3 Å². The molecule has 2 heterocycles. The highest BCUT2D eigenvalue weighted by Crippen LogP contribution is 2.24. The fourth-order valence-corrected chi connectivity index (χ4v) is 4.34. The van der Waals surface area contributed by atoms with Gasteiger partial charge < -0.3 is 4.74 Å². The quantitative estimate of drug-likeness (QED) is 0.488. The molecular formula is C22H21N5O3S. The summed E-state index contributed by atoms with van der Waals surface area (Å²) in [5.74, 6) is 1.40. The lowest BCUT2D eigenvalue weighted by Gasteiger charge is -2.12. The van der Waals surface area contributed by atoms with Crippen LogP contribution < -0.4 is 9.46 Å². The number of hydrogen-bond donors (Lipinski definition) is 1. The largest absolute Gasteiger partial charge is 0.438 e. The smallest absolute Gasteiger partial charge is 0.262 e. The van der Waals surface area contributed by atoms with Gasteiger partial charge in [0.1, 0.15) is 5.75 Å². The van der Waals surface area contributed by atoms with Gasteiger partial charge in [0.25, 0.3) is 10.0 Å². The van der Waals surface area contributed by atoms with E-state index in [0.29, 0.717) is 28.7 Å². The summed E-state index contributed by atoms with van der Waals surface area (Å²) in [6, 6.07) is 17.2. The van der Waals surface area contributed by atoms with Crippen LogP contribution in [0.1, 0.15) is 16.8 Å². The summed E-state index contributed by atoms with van der Waals surface area (Å²) in [6.07, 6.45) is 1.80. The van der Waals surface area contributed by atoms with E-state index in [9.17, 15) is 8.42 Å². The maximum absolute atomic E-state index is 12.7. The first kappa shape index (κ1) is 20.5. The molecule has 2 aromatic heterocycles. The Kier molecular flexibility index (Phi) is 5.43. The number of rotatable bonds is 6. The van der Waals surface area contributed by atoms with Crippen molar-refractivity contribution in [3.05, 3.63) is 83.7 Å². The number of ether oxygens (including phenoxy) is 1. The minimum atomic E-state index is -3.69. The summed E-state index contributed by atoms with van der Waals surface area (Å²) in [6.45, 7) is 5.52. The molecule has 0 amide bonds. The average Bonchev–Trinajstić information content (AvgIpc) is 3.18. The molecule has 0 aliphatic rings. The van der Waals surface area contributed by atoms with Gasteiger partial charge in [-0.1, -0.05) is 12.1 Å². The third-order valence-corrected chi connectivity index (χ3v) is 6.07. The van der Waals surface area contributed by atoms with Gasteiger partial charge in [-0.15, -0.1) is 10.2 Å². The number of anilines is 1. The Hall–Kier alpha value is -3.72. The molecule has 4 aromatic rings. The van der Waals surface area contributed by atoms with Gasteiger partial charge in [0.2, 0.25) is 5.88 Å². The van der Waals surface area contributed by atoms with Crippen LogP contribution in [0.3, 0.4) is 0 Å².